The van der Waals surface area contributed by atoms with Gasteiger partial charge in [0.25, 0.3) is 0 Å². The van der Waals surface area contributed by atoms with Crippen LogP contribution in [-0.2, 0) is 21.3 Å². The quantitative estimate of drug-likeness (QED) is 0.654. The molecule has 0 saturated heterocycles. The monoisotopic (exact) mass is 389 g/mol. The fourth-order valence-electron chi connectivity index (χ4n) is 2.38. The van der Waals surface area contributed by atoms with Crippen LogP contribution in [0.1, 0.15) is 16.1 Å². The number of halogens is 1. The summed E-state index contributed by atoms with van der Waals surface area (Å²) in [6.07, 6.45) is 0. The third-order valence-electron chi connectivity index (χ3n) is 3.81. The summed E-state index contributed by atoms with van der Waals surface area (Å²) in [5, 5.41) is 0. The van der Waals surface area contributed by atoms with E-state index in [1.54, 1.807) is 24.3 Å². The van der Waals surface area contributed by atoms with Gasteiger partial charge in [0, 0.05) is 5.56 Å². The molecule has 0 amide bonds. The highest BCUT2D eigenvalue weighted by atomic mass is 32.2. The highest BCUT2D eigenvalue weighted by molar-refractivity contribution is 7.89. The molecule has 0 saturated carbocycles. The zero-order valence-corrected chi connectivity index (χ0v) is 15.1. The van der Waals surface area contributed by atoms with Gasteiger partial charge in [0.2, 0.25) is 10.0 Å². The number of methoxy groups -OCH3 is 1. The van der Waals surface area contributed by atoms with Crippen LogP contribution in [0.4, 0.5) is 4.39 Å². The van der Waals surface area contributed by atoms with E-state index in [4.69, 9.17) is 4.42 Å². The van der Waals surface area contributed by atoms with Crippen LogP contribution in [0, 0.1) is 5.82 Å². The molecule has 0 atom stereocenters. The number of esters is 1. The number of hydrogen-bond donors (Lipinski definition) is 1. The molecule has 8 heteroatoms. The first-order valence-electron chi connectivity index (χ1n) is 7.92. The van der Waals surface area contributed by atoms with E-state index in [0.717, 1.165) is 0 Å². The van der Waals surface area contributed by atoms with E-state index >= 15 is 0 Å². The summed E-state index contributed by atoms with van der Waals surface area (Å²) in [7, 11) is -2.53. The number of benzene rings is 2. The van der Waals surface area contributed by atoms with Crippen molar-refractivity contribution in [2.24, 2.45) is 0 Å². The summed E-state index contributed by atoms with van der Waals surface area (Å²) in [6, 6.07) is 14.5. The lowest BCUT2D eigenvalue weighted by molar-refractivity contribution is 0.0600. The van der Waals surface area contributed by atoms with Gasteiger partial charge in [0.15, 0.2) is 0 Å². The largest absolute Gasteiger partial charge is 0.465 e. The summed E-state index contributed by atoms with van der Waals surface area (Å²) < 4.78 is 50.3. The van der Waals surface area contributed by atoms with Crippen LogP contribution >= 0.6 is 0 Å². The van der Waals surface area contributed by atoms with Crippen LogP contribution in [0.15, 0.2) is 70.0 Å². The number of rotatable bonds is 6. The molecule has 0 bridgehead atoms. The summed E-state index contributed by atoms with van der Waals surface area (Å²) in [5.74, 6) is 0.0167. The molecule has 6 nitrogen and oxygen atoms in total. The SMILES string of the molecule is COC(=O)c1ccc(S(=O)(=O)NCc2ccc(-c3ccc(F)cc3)o2)cc1. The molecule has 0 fully saturated rings. The normalized spacial score (nSPS) is 11.3. The predicted molar refractivity (Wildman–Crippen MR) is 95.9 cm³/mol. The number of furan rings is 1. The Balaban J connectivity index is 1.68. The first-order chi connectivity index (χ1) is 12.9. The van der Waals surface area contributed by atoms with Gasteiger partial charge in [-0.3, -0.25) is 0 Å². The Labute approximate surface area is 155 Å². The summed E-state index contributed by atoms with van der Waals surface area (Å²) in [6.45, 7) is -0.0533. The highest BCUT2D eigenvalue weighted by Crippen LogP contribution is 2.22. The lowest BCUT2D eigenvalue weighted by atomic mass is 10.2. The van der Waals surface area contributed by atoms with Crippen molar-refractivity contribution in [2.75, 3.05) is 7.11 Å². The van der Waals surface area contributed by atoms with Crippen molar-refractivity contribution in [1.82, 2.24) is 4.72 Å². The maximum Gasteiger partial charge on any atom is 0.337 e. The highest BCUT2D eigenvalue weighted by Gasteiger charge is 2.16. The van der Waals surface area contributed by atoms with E-state index in [1.807, 2.05) is 0 Å². The smallest absolute Gasteiger partial charge is 0.337 e. The van der Waals surface area contributed by atoms with Crippen molar-refractivity contribution < 1.29 is 26.8 Å². The zero-order valence-electron chi connectivity index (χ0n) is 14.3. The third-order valence-corrected chi connectivity index (χ3v) is 5.23. The topological polar surface area (TPSA) is 85.6 Å². The zero-order chi connectivity index (χ0) is 19.4. The Bertz CT molecular complexity index is 1040. The number of nitrogens with one attached hydrogen (secondary N) is 1. The number of carbonyl (C=O) groups is 1. The van der Waals surface area contributed by atoms with E-state index in [0.29, 0.717) is 17.1 Å². The fraction of sp³-hybridized carbons (Fsp3) is 0.105. The number of ether oxygens (including phenoxy) is 1. The Morgan fingerprint density at radius 1 is 1.04 bits per heavy atom. The average Bonchev–Trinajstić information content (AvgIpc) is 3.15. The summed E-state index contributed by atoms with van der Waals surface area (Å²) in [4.78, 5) is 11.4. The van der Waals surface area contributed by atoms with E-state index < -0.39 is 16.0 Å². The van der Waals surface area contributed by atoms with Gasteiger partial charge >= 0.3 is 5.97 Å². The molecule has 2 aromatic carbocycles. The summed E-state index contributed by atoms with van der Waals surface area (Å²) in [5.41, 5.74) is 0.940. The van der Waals surface area contributed by atoms with Gasteiger partial charge in [0.05, 0.1) is 24.1 Å². The second-order valence-corrected chi connectivity index (χ2v) is 7.38. The lowest BCUT2D eigenvalue weighted by Crippen LogP contribution is -2.23. The van der Waals surface area contributed by atoms with Crippen molar-refractivity contribution in [3.05, 3.63) is 77.8 Å². The van der Waals surface area contributed by atoms with Gasteiger partial charge in [0.1, 0.15) is 17.3 Å². The molecular formula is C19H16FNO5S. The van der Waals surface area contributed by atoms with Crippen LogP contribution in [0.2, 0.25) is 0 Å². The predicted octanol–water partition coefficient (Wildman–Crippen LogP) is 3.35. The Kier molecular flexibility index (Phi) is 5.38. The Morgan fingerprint density at radius 2 is 1.70 bits per heavy atom. The number of hydrogen-bond acceptors (Lipinski definition) is 5. The van der Waals surface area contributed by atoms with E-state index in [9.17, 15) is 17.6 Å². The lowest BCUT2D eigenvalue weighted by Gasteiger charge is -2.06. The van der Waals surface area contributed by atoms with Crippen LogP contribution < -0.4 is 4.72 Å². The molecule has 0 aliphatic rings. The van der Waals surface area contributed by atoms with Gasteiger partial charge in [-0.2, -0.15) is 0 Å². The van der Waals surface area contributed by atoms with Crippen LogP contribution in [-0.4, -0.2) is 21.5 Å². The molecule has 0 spiro atoms. The van der Waals surface area contributed by atoms with Crippen LogP contribution in [0.25, 0.3) is 11.3 Å². The van der Waals surface area contributed by atoms with Crippen molar-refractivity contribution in [3.8, 4) is 11.3 Å². The second kappa shape index (κ2) is 7.73. The minimum atomic E-state index is -3.78. The molecule has 140 valence electrons. The minimum Gasteiger partial charge on any atom is -0.465 e. The molecule has 0 radical (unpaired) electrons. The van der Waals surface area contributed by atoms with E-state index in [2.05, 4.69) is 9.46 Å². The van der Waals surface area contributed by atoms with E-state index in [-0.39, 0.29) is 22.8 Å². The molecule has 1 aromatic heterocycles. The van der Waals surface area contributed by atoms with Crippen molar-refractivity contribution in [3.63, 3.8) is 0 Å². The maximum absolute atomic E-state index is 13.0. The molecule has 1 N–H and O–H groups in total. The average molecular weight is 389 g/mol. The van der Waals surface area contributed by atoms with Crippen LogP contribution in [0.3, 0.4) is 0 Å². The molecule has 1 heterocycles. The third kappa shape index (κ3) is 4.42. The first-order valence-corrected chi connectivity index (χ1v) is 9.40. The molecule has 3 rings (SSSR count). The standard InChI is InChI=1S/C19H16FNO5S/c1-25-19(22)14-4-9-17(10-5-14)27(23,24)21-12-16-8-11-18(26-16)13-2-6-15(20)7-3-13/h2-11,21H,12H2,1H3. The molecule has 0 aliphatic carbocycles. The van der Waals surface area contributed by atoms with Crippen LogP contribution in [0.5, 0.6) is 0 Å². The number of sulfonamides is 1. The molecular weight excluding hydrogens is 373 g/mol. The molecule has 0 aliphatic heterocycles. The van der Waals surface area contributed by atoms with Gasteiger partial charge in [-0.05, 0) is 60.7 Å². The Hall–Kier alpha value is -2.97. The molecule has 0 unspecified atom stereocenters. The summed E-state index contributed by atoms with van der Waals surface area (Å²) >= 11 is 0. The second-order valence-electron chi connectivity index (χ2n) is 5.61. The van der Waals surface area contributed by atoms with Crippen molar-refractivity contribution in [1.29, 1.82) is 0 Å². The molecule has 3 aromatic rings. The van der Waals surface area contributed by atoms with Crippen molar-refractivity contribution in [2.45, 2.75) is 11.4 Å². The number of carbonyl (C=O) groups excluding carboxylic acids is 1. The van der Waals surface area contributed by atoms with Gasteiger partial charge < -0.3 is 9.15 Å². The molecule has 27 heavy (non-hydrogen) atoms. The van der Waals surface area contributed by atoms with Crippen molar-refractivity contribution >= 4 is 16.0 Å². The maximum atomic E-state index is 13.0. The van der Waals surface area contributed by atoms with Gasteiger partial charge in [-0.25, -0.2) is 22.3 Å². The Morgan fingerprint density at radius 3 is 2.33 bits per heavy atom. The fourth-order valence-corrected chi connectivity index (χ4v) is 3.37. The van der Waals surface area contributed by atoms with E-state index in [1.165, 1.54) is 43.5 Å². The first kappa shape index (κ1) is 18.8. The van der Waals surface area contributed by atoms with Gasteiger partial charge in [-0.15, -0.1) is 0 Å². The van der Waals surface area contributed by atoms with Gasteiger partial charge in [-0.1, -0.05) is 0 Å². The minimum absolute atomic E-state index is 0.0143.